The third-order valence-electron chi connectivity index (χ3n) is 6.45. The SMILES string of the molecule is CNC(=O)CCCCC[C@H](NC(=O)CN1CCCC1)c1ncc(-c2ccc3ccncc3c2)[nH]1. The van der Waals surface area contributed by atoms with Gasteiger partial charge in [-0.3, -0.25) is 19.5 Å². The molecule has 0 radical (unpaired) electrons. The Balaban J connectivity index is 1.43. The lowest BCUT2D eigenvalue weighted by Gasteiger charge is -2.20. The van der Waals surface area contributed by atoms with E-state index >= 15 is 0 Å². The summed E-state index contributed by atoms with van der Waals surface area (Å²) in [5.41, 5.74) is 1.95. The summed E-state index contributed by atoms with van der Waals surface area (Å²) in [7, 11) is 1.66. The van der Waals surface area contributed by atoms with E-state index in [-0.39, 0.29) is 17.9 Å². The van der Waals surface area contributed by atoms with Gasteiger partial charge in [0.2, 0.25) is 11.8 Å². The molecule has 3 aromatic rings. The second-order valence-corrected chi connectivity index (χ2v) is 9.00. The first-order valence-electron chi connectivity index (χ1n) is 12.2. The average molecular weight is 463 g/mol. The Labute approximate surface area is 200 Å². The van der Waals surface area contributed by atoms with Crippen LogP contribution in [0.15, 0.2) is 42.9 Å². The van der Waals surface area contributed by atoms with Gasteiger partial charge in [0.1, 0.15) is 5.82 Å². The highest BCUT2D eigenvalue weighted by atomic mass is 16.2. The topological polar surface area (TPSA) is 103 Å². The second kappa shape index (κ2) is 11.7. The van der Waals surface area contributed by atoms with Gasteiger partial charge in [-0.15, -0.1) is 0 Å². The van der Waals surface area contributed by atoms with E-state index in [1.807, 2.05) is 18.5 Å². The van der Waals surface area contributed by atoms with Crippen LogP contribution in [0.2, 0.25) is 0 Å². The number of hydrogen-bond donors (Lipinski definition) is 3. The zero-order chi connectivity index (χ0) is 23.8. The van der Waals surface area contributed by atoms with E-state index in [0.717, 1.165) is 79.5 Å². The summed E-state index contributed by atoms with van der Waals surface area (Å²) < 4.78 is 0. The van der Waals surface area contributed by atoms with Crippen LogP contribution in [0.4, 0.5) is 0 Å². The van der Waals surface area contributed by atoms with E-state index in [1.54, 1.807) is 13.2 Å². The number of fused-ring (bicyclic) bond motifs is 1. The molecular weight excluding hydrogens is 428 g/mol. The Kier molecular flexibility index (Phi) is 8.25. The fraction of sp³-hybridized carbons (Fsp3) is 0.462. The summed E-state index contributed by atoms with van der Waals surface area (Å²) in [6.07, 6.45) is 11.8. The summed E-state index contributed by atoms with van der Waals surface area (Å²) in [5, 5.41) is 8.08. The minimum atomic E-state index is -0.189. The highest BCUT2D eigenvalue weighted by Gasteiger charge is 2.21. The molecule has 8 nitrogen and oxygen atoms in total. The van der Waals surface area contributed by atoms with Crippen molar-refractivity contribution >= 4 is 22.6 Å². The van der Waals surface area contributed by atoms with Crippen molar-refractivity contribution in [3.05, 3.63) is 48.7 Å². The molecule has 4 rings (SSSR count). The van der Waals surface area contributed by atoms with Crippen LogP contribution in [0.5, 0.6) is 0 Å². The van der Waals surface area contributed by atoms with E-state index in [0.29, 0.717) is 13.0 Å². The van der Waals surface area contributed by atoms with Crippen molar-refractivity contribution in [2.45, 2.75) is 51.0 Å². The van der Waals surface area contributed by atoms with Gasteiger partial charge < -0.3 is 15.6 Å². The molecule has 1 aliphatic rings. The molecule has 3 N–H and O–H groups in total. The van der Waals surface area contributed by atoms with Crippen LogP contribution in [0.1, 0.15) is 56.8 Å². The lowest BCUT2D eigenvalue weighted by molar-refractivity contribution is -0.123. The molecule has 0 spiro atoms. The first-order chi connectivity index (χ1) is 16.6. The Hall–Kier alpha value is -3.26. The number of carbonyl (C=O) groups excluding carboxylic acids is 2. The summed E-state index contributed by atoms with van der Waals surface area (Å²) in [5.74, 6) is 0.867. The number of pyridine rings is 1. The molecule has 0 saturated carbocycles. The minimum absolute atomic E-state index is 0.0343. The number of amides is 2. The maximum absolute atomic E-state index is 12.8. The Bertz CT molecular complexity index is 1110. The maximum Gasteiger partial charge on any atom is 0.234 e. The summed E-state index contributed by atoms with van der Waals surface area (Å²) >= 11 is 0. The molecule has 34 heavy (non-hydrogen) atoms. The summed E-state index contributed by atoms with van der Waals surface area (Å²) in [6, 6.07) is 8.05. The number of rotatable bonds is 11. The van der Waals surface area contributed by atoms with Crippen molar-refractivity contribution in [2.75, 3.05) is 26.7 Å². The van der Waals surface area contributed by atoms with E-state index in [1.165, 1.54) is 0 Å². The fourth-order valence-corrected chi connectivity index (χ4v) is 4.51. The van der Waals surface area contributed by atoms with Gasteiger partial charge in [0.15, 0.2) is 0 Å². The summed E-state index contributed by atoms with van der Waals surface area (Å²) in [6.45, 7) is 2.40. The molecule has 0 bridgehead atoms. The molecule has 8 heteroatoms. The van der Waals surface area contributed by atoms with Gasteiger partial charge in [-0.25, -0.2) is 4.98 Å². The molecule has 0 aliphatic carbocycles. The number of nitrogens with zero attached hydrogens (tertiary/aromatic N) is 3. The zero-order valence-electron chi connectivity index (χ0n) is 19.8. The molecule has 1 atom stereocenters. The Morgan fingerprint density at radius 2 is 1.91 bits per heavy atom. The van der Waals surface area contributed by atoms with Crippen molar-refractivity contribution in [3.63, 3.8) is 0 Å². The lowest BCUT2D eigenvalue weighted by Crippen LogP contribution is -2.38. The quantitative estimate of drug-likeness (QED) is 0.378. The van der Waals surface area contributed by atoms with Gasteiger partial charge in [-0.1, -0.05) is 25.0 Å². The molecule has 180 valence electrons. The number of H-pyrrole nitrogens is 1. The highest BCUT2D eigenvalue weighted by molar-refractivity contribution is 5.86. The van der Waals surface area contributed by atoms with Crippen LogP contribution in [0.25, 0.3) is 22.0 Å². The second-order valence-electron chi connectivity index (χ2n) is 9.00. The largest absolute Gasteiger partial charge is 0.359 e. The van der Waals surface area contributed by atoms with Gasteiger partial charge in [0.05, 0.1) is 24.5 Å². The van der Waals surface area contributed by atoms with Crippen molar-refractivity contribution in [2.24, 2.45) is 0 Å². The molecule has 2 amide bonds. The van der Waals surface area contributed by atoms with Crippen molar-refractivity contribution in [1.29, 1.82) is 0 Å². The van der Waals surface area contributed by atoms with Crippen LogP contribution < -0.4 is 10.6 Å². The number of imidazole rings is 1. The van der Waals surface area contributed by atoms with E-state index < -0.39 is 0 Å². The normalized spacial score (nSPS) is 14.9. The first kappa shape index (κ1) is 23.9. The standard InChI is InChI=1S/C26H34N6O2/c1-27-24(33)8-4-2-3-7-22(30-25(34)18-32-13-5-6-14-32)26-29-17-23(31-26)20-10-9-19-11-12-28-16-21(19)15-20/h9-12,15-17,22H,2-8,13-14,18H2,1H3,(H,27,33)(H,29,31)(H,30,34)/t22-/m0/s1. The number of carbonyl (C=O) groups is 2. The zero-order valence-corrected chi connectivity index (χ0v) is 19.8. The Morgan fingerprint density at radius 1 is 1.06 bits per heavy atom. The molecule has 1 saturated heterocycles. The van der Waals surface area contributed by atoms with Crippen molar-refractivity contribution in [3.8, 4) is 11.3 Å². The molecule has 1 fully saturated rings. The van der Waals surface area contributed by atoms with Gasteiger partial charge in [-0.05, 0) is 56.3 Å². The van der Waals surface area contributed by atoms with Crippen LogP contribution in [-0.2, 0) is 9.59 Å². The maximum atomic E-state index is 12.8. The van der Waals surface area contributed by atoms with E-state index in [9.17, 15) is 9.59 Å². The molecule has 2 aromatic heterocycles. The molecular formula is C26H34N6O2. The Morgan fingerprint density at radius 3 is 2.74 bits per heavy atom. The predicted octanol–water partition coefficient (Wildman–Crippen LogP) is 3.57. The monoisotopic (exact) mass is 462 g/mol. The van der Waals surface area contributed by atoms with E-state index in [2.05, 4.69) is 48.7 Å². The first-order valence-corrected chi connectivity index (χ1v) is 12.2. The lowest BCUT2D eigenvalue weighted by atomic mass is 10.1. The highest BCUT2D eigenvalue weighted by Crippen LogP contribution is 2.25. The number of aromatic amines is 1. The molecule has 3 heterocycles. The molecule has 1 aromatic carbocycles. The third kappa shape index (κ3) is 6.41. The van der Waals surface area contributed by atoms with Gasteiger partial charge in [0.25, 0.3) is 0 Å². The smallest absolute Gasteiger partial charge is 0.234 e. The van der Waals surface area contributed by atoms with Gasteiger partial charge >= 0.3 is 0 Å². The van der Waals surface area contributed by atoms with Gasteiger partial charge in [-0.2, -0.15) is 0 Å². The van der Waals surface area contributed by atoms with Crippen LogP contribution >= 0.6 is 0 Å². The summed E-state index contributed by atoms with van der Waals surface area (Å²) in [4.78, 5) is 38.7. The average Bonchev–Trinajstić information content (AvgIpc) is 3.55. The van der Waals surface area contributed by atoms with Crippen LogP contribution in [-0.4, -0.2) is 58.3 Å². The number of benzene rings is 1. The van der Waals surface area contributed by atoms with E-state index in [4.69, 9.17) is 0 Å². The third-order valence-corrected chi connectivity index (χ3v) is 6.45. The number of likely N-dealkylation sites (tertiary alicyclic amines) is 1. The molecule has 1 aliphatic heterocycles. The number of hydrogen-bond acceptors (Lipinski definition) is 5. The number of aromatic nitrogens is 3. The number of nitrogens with one attached hydrogen (secondary N) is 3. The van der Waals surface area contributed by atoms with Crippen molar-refractivity contribution < 1.29 is 9.59 Å². The number of unbranched alkanes of at least 4 members (excludes halogenated alkanes) is 2. The van der Waals surface area contributed by atoms with Crippen molar-refractivity contribution in [1.82, 2.24) is 30.5 Å². The molecule has 0 unspecified atom stereocenters. The van der Waals surface area contributed by atoms with Gasteiger partial charge in [0, 0.05) is 36.8 Å². The van der Waals surface area contributed by atoms with Crippen LogP contribution in [0.3, 0.4) is 0 Å². The van der Waals surface area contributed by atoms with Crippen LogP contribution in [0, 0.1) is 0 Å². The predicted molar refractivity (Wildman–Crippen MR) is 133 cm³/mol. The minimum Gasteiger partial charge on any atom is -0.359 e. The fourth-order valence-electron chi connectivity index (χ4n) is 4.51.